The van der Waals surface area contributed by atoms with Crippen LogP contribution >= 0.6 is 11.3 Å². The number of aliphatic hydroxyl groups is 1. The van der Waals surface area contributed by atoms with Crippen LogP contribution in [0.15, 0.2) is 11.6 Å². The molecular formula is C16H27N3O3S. The maximum absolute atomic E-state index is 10.5. The Labute approximate surface area is 142 Å². The molecule has 0 aliphatic carbocycles. The Kier molecular flexibility index (Phi) is 6.01. The van der Waals surface area contributed by atoms with Crippen molar-refractivity contribution >= 4 is 11.3 Å². The number of aliphatic hydroxyl groups excluding tert-OH is 1. The molecule has 3 rings (SSSR count). The lowest BCUT2D eigenvalue weighted by atomic mass is 10.2. The van der Waals surface area contributed by atoms with Crippen molar-refractivity contribution in [1.82, 2.24) is 14.8 Å². The molecule has 23 heavy (non-hydrogen) atoms. The molecule has 2 aliphatic rings. The zero-order valence-electron chi connectivity index (χ0n) is 13.9. The summed E-state index contributed by atoms with van der Waals surface area (Å²) < 4.78 is 11.6. The van der Waals surface area contributed by atoms with Crippen LogP contribution in [0.3, 0.4) is 0 Å². The third-order valence-electron chi connectivity index (χ3n) is 4.31. The first-order valence-corrected chi connectivity index (χ1v) is 9.27. The quantitative estimate of drug-likeness (QED) is 0.862. The monoisotopic (exact) mass is 341 g/mol. The Morgan fingerprint density at radius 1 is 1.26 bits per heavy atom. The minimum atomic E-state index is -0.345. The van der Waals surface area contributed by atoms with E-state index in [2.05, 4.69) is 28.6 Å². The van der Waals surface area contributed by atoms with Crippen LogP contribution in [0.5, 0.6) is 0 Å². The molecule has 1 N–H and O–H groups in total. The fraction of sp³-hybridized carbons (Fsp3) is 0.812. The first-order chi connectivity index (χ1) is 11.1. The van der Waals surface area contributed by atoms with E-state index in [9.17, 15) is 5.11 Å². The second-order valence-electron chi connectivity index (χ2n) is 6.62. The number of β-amino-alcohol motifs (C(OH)–C–C–N with tert-alkyl or cyclic N) is 1. The van der Waals surface area contributed by atoms with Gasteiger partial charge in [0.05, 0.1) is 24.9 Å². The van der Waals surface area contributed by atoms with Gasteiger partial charge in [-0.05, 0) is 13.8 Å². The molecule has 0 saturated carbocycles. The van der Waals surface area contributed by atoms with E-state index in [0.29, 0.717) is 19.7 Å². The lowest BCUT2D eigenvalue weighted by molar-refractivity contribution is -0.0825. The van der Waals surface area contributed by atoms with Crippen LogP contribution in [0.25, 0.3) is 0 Å². The molecule has 1 aromatic heterocycles. The predicted molar refractivity (Wildman–Crippen MR) is 89.7 cm³/mol. The van der Waals surface area contributed by atoms with Gasteiger partial charge in [0.25, 0.3) is 0 Å². The molecule has 6 nitrogen and oxygen atoms in total. The summed E-state index contributed by atoms with van der Waals surface area (Å²) in [5.41, 5.74) is 0. The fourth-order valence-electron chi connectivity index (χ4n) is 3.50. The summed E-state index contributed by atoms with van der Waals surface area (Å²) in [6.45, 7) is 9.74. The van der Waals surface area contributed by atoms with Crippen molar-refractivity contribution in [1.29, 1.82) is 0 Å². The normalized spacial score (nSPS) is 32.0. The van der Waals surface area contributed by atoms with Gasteiger partial charge in [0, 0.05) is 50.8 Å². The van der Waals surface area contributed by atoms with Crippen LogP contribution in [0, 0.1) is 0 Å². The number of ether oxygens (including phenoxy) is 2. The number of rotatable bonds is 5. The average molecular weight is 341 g/mol. The van der Waals surface area contributed by atoms with Crippen molar-refractivity contribution in [3.05, 3.63) is 16.6 Å². The van der Waals surface area contributed by atoms with E-state index in [-0.39, 0.29) is 24.4 Å². The smallest absolute Gasteiger partial charge is 0.123 e. The lowest BCUT2D eigenvalue weighted by Crippen LogP contribution is -2.50. The fourth-order valence-corrected chi connectivity index (χ4v) is 4.18. The Bertz CT molecular complexity index is 463. The van der Waals surface area contributed by atoms with Gasteiger partial charge in [-0.1, -0.05) is 0 Å². The highest BCUT2D eigenvalue weighted by Gasteiger charge is 2.27. The molecule has 1 aromatic rings. The Balaban J connectivity index is 1.46. The second-order valence-corrected chi connectivity index (χ2v) is 7.55. The Morgan fingerprint density at radius 2 is 2.00 bits per heavy atom. The highest BCUT2D eigenvalue weighted by Crippen LogP contribution is 2.24. The minimum absolute atomic E-state index is 0.0411. The molecule has 0 unspecified atom stereocenters. The molecule has 7 heteroatoms. The van der Waals surface area contributed by atoms with Gasteiger partial charge < -0.3 is 14.6 Å². The van der Waals surface area contributed by atoms with Crippen LogP contribution in [0.2, 0.25) is 0 Å². The molecule has 2 saturated heterocycles. The molecule has 0 bridgehead atoms. The maximum atomic E-state index is 10.5. The zero-order chi connectivity index (χ0) is 16.2. The van der Waals surface area contributed by atoms with Crippen molar-refractivity contribution in [3.8, 4) is 0 Å². The van der Waals surface area contributed by atoms with Crippen molar-refractivity contribution < 1.29 is 14.6 Å². The van der Waals surface area contributed by atoms with Gasteiger partial charge in [-0.2, -0.15) is 0 Å². The van der Waals surface area contributed by atoms with Gasteiger partial charge in [0.15, 0.2) is 0 Å². The van der Waals surface area contributed by atoms with E-state index >= 15 is 0 Å². The highest BCUT2D eigenvalue weighted by molar-refractivity contribution is 7.09. The SMILES string of the molecule is C[C@@H]1CN(C[C@H](O)CN2CCO[C@H](c3nccs3)C2)C[C@H](C)O1. The predicted octanol–water partition coefficient (Wildman–Crippen LogP) is 0.987. The van der Waals surface area contributed by atoms with Gasteiger partial charge in [-0.15, -0.1) is 11.3 Å². The molecule has 3 heterocycles. The van der Waals surface area contributed by atoms with Crippen molar-refractivity contribution in [2.45, 2.75) is 38.3 Å². The maximum Gasteiger partial charge on any atom is 0.123 e. The highest BCUT2D eigenvalue weighted by atomic mass is 32.1. The molecule has 2 fully saturated rings. The molecule has 0 spiro atoms. The summed E-state index contributed by atoms with van der Waals surface area (Å²) in [5, 5.41) is 13.5. The lowest BCUT2D eigenvalue weighted by Gasteiger charge is -2.38. The average Bonchev–Trinajstić information content (AvgIpc) is 3.00. The summed E-state index contributed by atoms with van der Waals surface area (Å²) in [6, 6.07) is 0. The first kappa shape index (κ1) is 17.3. The summed E-state index contributed by atoms with van der Waals surface area (Å²) in [5.74, 6) is 0. The zero-order valence-corrected chi connectivity index (χ0v) is 14.7. The summed E-state index contributed by atoms with van der Waals surface area (Å²) >= 11 is 1.63. The van der Waals surface area contributed by atoms with Gasteiger partial charge >= 0.3 is 0 Å². The van der Waals surface area contributed by atoms with Crippen LogP contribution < -0.4 is 0 Å². The van der Waals surface area contributed by atoms with Gasteiger partial charge in [0.2, 0.25) is 0 Å². The number of thiazole rings is 1. The number of hydrogen-bond donors (Lipinski definition) is 1. The van der Waals surface area contributed by atoms with E-state index in [1.807, 2.05) is 11.6 Å². The number of aromatic nitrogens is 1. The summed E-state index contributed by atoms with van der Waals surface area (Å²) in [6.07, 6.45) is 1.99. The minimum Gasteiger partial charge on any atom is -0.390 e. The van der Waals surface area contributed by atoms with E-state index in [1.54, 1.807) is 11.3 Å². The summed E-state index contributed by atoms with van der Waals surface area (Å²) in [4.78, 5) is 8.94. The van der Waals surface area contributed by atoms with E-state index in [1.165, 1.54) is 0 Å². The topological polar surface area (TPSA) is 58.1 Å². The standard InChI is InChI=1S/C16H27N3O3S/c1-12-7-19(8-13(2)22-12)10-14(20)9-18-4-5-21-15(11-18)16-17-3-6-23-16/h3,6,12-15,20H,4-5,7-11H2,1-2H3/t12-,13+,14-,15+/m1/s1. The van der Waals surface area contributed by atoms with Crippen molar-refractivity contribution in [2.24, 2.45) is 0 Å². The van der Waals surface area contributed by atoms with Gasteiger partial charge in [-0.3, -0.25) is 9.80 Å². The first-order valence-electron chi connectivity index (χ1n) is 8.39. The van der Waals surface area contributed by atoms with E-state index in [0.717, 1.165) is 31.2 Å². The van der Waals surface area contributed by atoms with E-state index in [4.69, 9.17) is 9.47 Å². The third kappa shape index (κ3) is 4.95. The van der Waals surface area contributed by atoms with Crippen LogP contribution in [-0.2, 0) is 9.47 Å². The molecule has 130 valence electrons. The van der Waals surface area contributed by atoms with Crippen LogP contribution in [0.1, 0.15) is 25.0 Å². The summed E-state index contributed by atoms with van der Waals surface area (Å²) in [7, 11) is 0. The number of morpholine rings is 2. The largest absolute Gasteiger partial charge is 0.390 e. The molecule has 0 amide bonds. The molecule has 4 atom stereocenters. The van der Waals surface area contributed by atoms with Crippen molar-refractivity contribution in [2.75, 3.05) is 45.9 Å². The molecular weight excluding hydrogens is 314 g/mol. The van der Waals surface area contributed by atoms with Gasteiger partial charge in [-0.25, -0.2) is 4.98 Å². The Morgan fingerprint density at radius 3 is 2.70 bits per heavy atom. The third-order valence-corrected chi connectivity index (χ3v) is 5.18. The number of hydrogen-bond acceptors (Lipinski definition) is 7. The number of nitrogens with zero attached hydrogens (tertiary/aromatic N) is 3. The van der Waals surface area contributed by atoms with E-state index < -0.39 is 0 Å². The van der Waals surface area contributed by atoms with Crippen LogP contribution in [0.4, 0.5) is 0 Å². The second kappa shape index (κ2) is 8.00. The molecule has 0 radical (unpaired) electrons. The van der Waals surface area contributed by atoms with Crippen LogP contribution in [-0.4, -0.2) is 84.1 Å². The van der Waals surface area contributed by atoms with Gasteiger partial charge in [0.1, 0.15) is 11.1 Å². The molecule has 2 aliphatic heterocycles. The Hall–Kier alpha value is -0.570. The molecule has 0 aromatic carbocycles. The van der Waals surface area contributed by atoms with Crippen molar-refractivity contribution in [3.63, 3.8) is 0 Å².